The van der Waals surface area contributed by atoms with E-state index in [-0.39, 0.29) is 5.97 Å². The van der Waals surface area contributed by atoms with Crippen molar-refractivity contribution in [2.24, 2.45) is 10.3 Å². The van der Waals surface area contributed by atoms with E-state index in [1.165, 1.54) is 6.07 Å². The molecule has 0 spiro atoms. The second-order valence-electron chi connectivity index (χ2n) is 8.22. The zero-order valence-electron chi connectivity index (χ0n) is 22.0. The third-order valence-electron chi connectivity index (χ3n) is 5.90. The van der Waals surface area contributed by atoms with Crippen molar-refractivity contribution in [3.63, 3.8) is 0 Å². The highest BCUT2D eigenvalue weighted by molar-refractivity contribution is 7.98. The number of hydrogen-bond donors (Lipinski definition) is 0. The van der Waals surface area contributed by atoms with Gasteiger partial charge >= 0.3 is 11.9 Å². The Morgan fingerprint density at radius 3 is 1.92 bits per heavy atom. The molecule has 0 amide bonds. The van der Waals surface area contributed by atoms with E-state index in [4.69, 9.17) is 42.4 Å². The van der Waals surface area contributed by atoms with E-state index >= 15 is 0 Å². The van der Waals surface area contributed by atoms with E-state index < -0.39 is 5.97 Å². The molecule has 0 bridgehead atoms. The van der Waals surface area contributed by atoms with Gasteiger partial charge in [-0.05, 0) is 63.3 Å². The smallest absolute Gasteiger partial charge is 0.338 e. The van der Waals surface area contributed by atoms with Crippen molar-refractivity contribution in [3.05, 3.63) is 61.6 Å². The second-order valence-corrected chi connectivity index (χ2v) is 9.85. The highest BCUT2D eigenvalue weighted by Crippen LogP contribution is 2.34. The molecule has 0 saturated carbocycles. The van der Waals surface area contributed by atoms with Gasteiger partial charge in [0.05, 0.1) is 45.8 Å². The highest BCUT2D eigenvalue weighted by atomic mass is 35.5. The minimum atomic E-state index is -0.417. The maximum atomic E-state index is 11.9. The number of carbonyl (C=O) groups is 2. The summed E-state index contributed by atoms with van der Waals surface area (Å²) in [5.74, 6) is -0.701. The molecule has 8 nitrogen and oxygen atoms in total. The molecule has 2 aromatic rings. The second kappa shape index (κ2) is 13.9. The van der Waals surface area contributed by atoms with Crippen molar-refractivity contribution < 1.29 is 28.7 Å². The number of oxime groups is 2. The van der Waals surface area contributed by atoms with Crippen molar-refractivity contribution in [3.8, 4) is 0 Å². The molecule has 4 rings (SSSR count). The monoisotopic (exact) mass is 580 g/mol. The first-order valence-corrected chi connectivity index (χ1v) is 14.1. The lowest BCUT2D eigenvalue weighted by Gasteiger charge is -2.13. The maximum Gasteiger partial charge on any atom is 0.338 e. The molecule has 11 heteroatoms. The van der Waals surface area contributed by atoms with Crippen LogP contribution in [-0.2, 0) is 19.1 Å². The van der Waals surface area contributed by atoms with Crippen LogP contribution in [0.1, 0.15) is 69.7 Å². The Kier molecular flexibility index (Phi) is 10.9. The number of hydrogen-bond acceptors (Lipinski definition) is 9. The van der Waals surface area contributed by atoms with E-state index in [1.54, 1.807) is 32.5 Å². The molecule has 0 saturated heterocycles. The van der Waals surface area contributed by atoms with Crippen LogP contribution < -0.4 is 0 Å². The number of rotatable bonds is 7. The Morgan fingerprint density at radius 2 is 1.42 bits per heavy atom. The minimum absolute atomic E-state index is 0.284. The maximum absolute atomic E-state index is 11.9. The molecular weight excluding hydrogens is 551 g/mol. The third-order valence-corrected chi connectivity index (χ3v) is 7.47. The summed E-state index contributed by atoms with van der Waals surface area (Å²) in [5.41, 5.74) is 5.91. The van der Waals surface area contributed by atoms with Gasteiger partial charge in [0.2, 0.25) is 0 Å². The van der Waals surface area contributed by atoms with Crippen molar-refractivity contribution >= 4 is 58.3 Å². The van der Waals surface area contributed by atoms with Gasteiger partial charge in [0.25, 0.3) is 0 Å². The number of benzene rings is 2. The Hall–Kier alpha value is -2.75. The molecule has 0 aromatic heterocycles. The first-order chi connectivity index (χ1) is 18.2. The topological polar surface area (TPSA) is 95.8 Å². The van der Waals surface area contributed by atoms with Crippen LogP contribution in [0.2, 0.25) is 10.0 Å². The molecule has 204 valence electrons. The van der Waals surface area contributed by atoms with Gasteiger partial charge in [-0.25, -0.2) is 9.59 Å². The fraction of sp³-hybridized carbons (Fsp3) is 0.407. The summed E-state index contributed by atoms with van der Waals surface area (Å²) in [5, 5.41) is 8.70. The number of ether oxygens (including phenoxy) is 2. The lowest BCUT2D eigenvalue weighted by atomic mass is 9.97. The van der Waals surface area contributed by atoms with E-state index in [0.717, 1.165) is 28.2 Å². The van der Waals surface area contributed by atoms with Crippen LogP contribution in [-0.4, -0.2) is 56.0 Å². The summed E-state index contributed by atoms with van der Waals surface area (Å²) >= 11 is 13.9. The third kappa shape index (κ3) is 6.62. The lowest BCUT2D eigenvalue weighted by molar-refractivity contribution is 0.0515. The SMILES string of the molecule is CCOC(=O)c1cc(Cl)c(Cl)c(C2=NOCC2)c1C.CCOC(=O)c1ccc(SC)c(C2=NOCC2)c1C. The van der Waals surface area contributed by atoms with Gasteiger partial charge < -0.3 is 19.1 Å². The molecular formula is C27H30Cl2N2O6S. The summed E-state index contributed by atoms with van der Waals surface area (Å²) in [6.45, 7) is 9.07. The molecule has 0 atom stereocenters. The van der Waals surface area contributed by atoms with E-state index in [2.05, 4.69) is 10.3 Å². The van der Waals surface area contributed by atoms with Gasteiger partial charge in [-0.3, -0.25) is 0 Å². The average Bonchev–Trinajstić information content (AvgIpc) is 3.62. The number of halogens is 2. The summed E-state index contributed by atoms with van der Waals surface area (Å²) in [7, 11) is 0. The molecule has 2 aromatic carbocycles. The minimum Gasteiger partial charge on any atom is -0.462 e. The lowest BCUT2D eigenvalue weighted by Crippen LogP contribution is -2.11. The quantitative estimate of drug-likeness (QED) is 0.268. The van der Waals surface area contributed by atoms with E-state index in [0.29, 0.717) is 70.9 Å². The fourth-order valence-electron chi connectivity index (χ4n) is 4.09. The summed E-state index contributed by atoms with van der Waals surface area (Å²) < 4.78 is 10.1. The Balaban J connectivity index is 0.000000211. The van der Waals surface area contributed by atoms with Crippen LogP contribution in [0.25, 0.3) is 0 Å². The van der Waals surface area contributed by atoms with Crippen LogP contribution in [0.3, 0.4) is 0 Å². The number of thioether (sulfide) groups is 1. The molecule has 38 heavy (non-hydrogen) atoms. The van der Waals surface area contributed by atoms with Crippen molar-refractivity contribution in [1.29, 1.82) is 0 Å². The Morgan fingerprint density at radius 1 is 0.895 bits per heavy atom. The standard InChI is InChI=1S/C14H17NO3S.C13H13Cl2NO3/c1-4-17-14(16)10-5-6-12(19-3)13(9(10)2)11-7-8-18-15-11;1-3-18-13(17)8-6-9(14)12(15)11(7(8)2)10-4-5-19-16-10/h5-6H,4,7-8H2,1-3H3;6H,3-5H2,1-2H3. The van der Waals surface area contributed by atoms with Gasteiger partial charge in [-0.15, -0.1) is 11.8 Å². The molecule has 2 aliphatic rings. The number of esters is 2. The summed E-state index contributed by atoms with van der Waals surface area (Å²) in [6, 6.07) is 5.29. The van der Waals surface area contributed by atoms with Crippen molar-refractivity contribution in [1.82, 2.24) is 0 Å². The molecule has 0 radical (unpaired) electrons. The van der Waals surface area contributed by atoms with Crippen LogP contribution >= 0.6 is 35.0 Å². The predicted molar refractivity (Wildman–Crippen MR) is 150 cm³/mol. The first kappa shape index (κ1) is 29.8. The molecule has 0 fully saturated rings. The van der Waals surface area contributed by atoms with Crippen molar-refractivity contribution in [2.75, 3.05) is 32.7 Å². The number of carbonyl (C=O) groups excluding carboxylic acids is 2. The zero-order chi connectivity index (χ0) is 27.8. The normalized spacial score (nSPS) is 14.0. The first-order valence-electron chi connectivity index (χ1n) is 12.1. The molecule has 2 heterocycles. The van der Waals surface area contributed by atoms with Crippen LogP contribution in [0.4, 0.5) is 0 Å². The molecule has 0 unspecified atom stereocenters. The van der Waals surface area contributed by atoms with Gasteiger partial charge in [-0.2, -0.15) is 0 Å². The Labute approximate surface area is 236 Å². The van der Waals surface area contributed by atoms with Crippen LogP contribution in [0, 0.1) is 13.8 Å². The zero-order valence-corrected chi connectivity index (χ0v) is 24.3. The van der Waals surface area contributed by atoms with Gasteiger partial charge in [0.15, 0.2) is 0 Å². The predicted octanol–water partition coefficient (Wildman–Crippen LogP) is 6.62. The molecule has 2 aliphatic heterocycles. The fourth-order valence-corrected chi connectivity index (χ4v) is 5.28. The average molecular weight is 582 g/mol. The van der Waals surface area contributed by atoms with Crippen molar-refractivity contribution in [2.45, 2.75) is 45.4 Å². The van der Waals surface area contributed by atoms with Crippen LogP contribution in [0.15, 0.2) is 33.4 Å². The molecule has 0 aliphatic carbocycles. The van der Waals surface area contributed by atoms with Crippen LogP contribution in [0.5, 0.6) is 0 Å². The van der Waals surface area contributed by atoms with Gasteiger partial charge in [0.1, 0.15) is 13.2 Å². The molecule has 0 N–H and O–H groups in total. The largest absolute Gasteiger partial charge is 0.462 e. The summed E-state index contributed by atoms with van der Waals surface area (Å²) in [4.78, 5) is 35.0. The van der Waals surface area contributed by atoms with Gasteiger partial charge in [0, 0.05) is 28.9 Å². The van der Waals surface area contributed by atoms with E-state index in [1.807, 2.05) is 25.3 Å². The highest BCUT2D eigenvalue weighted by Gasteiger charge is 2.24. The summed E-state index contributed by atoms with van der Waals surface area (Å²) in [6.07, 6.45) is 3.43. The Bertz CT molecular complexity index is 1280. The van der Waals surface area contributed by atoms with Gasteiger partial charge in [-0.1, -0.05) is 33.5 Å². The van der Waals surface area contributed by atoms with E-state index in [9.17, 15) is 9.59 Å². The number of nitrogens with zero attached hydrogens (tertiary/aromatic N) is 2.